The van der Waals surface area contributed by atoms with Gasteiger partial charge in [0, 0.05) is 19.4 Å². The summed E-state index contributed by atoms with van der Waals surface area (Å²) in [5.41, 5.74) is 0. The molecule has 0 spiro atoms. The highest BCUT2D eigenvalue weighted by molar-refractivity contribution is 4.78. The Morgan fingerprint density at radius 1 is 1.42 bits per heavy atom. The van der Waals surface area contributed by atoms with E-state index in [2.05, 4.69) is 11.8 Å². The third-order valence-electron chi connectivity index (χ3n) is 2.57. The Morgan fingerprint density at radius 2 is 2.08 bits per heavy atom. The van der Waals surface area contributed by atoms with Gasteiger partial charge in [-0.3, -0.25) is 4.84 Å². The first-order valence-corrected chi connectivity index (χ1v) is 4.22. The van der Waals surface area contributed by atoms with Crippen LogP contribution in [0, 0.1) is 5.92 Å². The molecule has 12 heavy (non-hydrogen) atoms. The van der Waals surface area contributed by atoms with Crippen molar-refractivity contribution in [2.75, 3.05) is 7.11 Å². The fourth-order valence-electron chi connectivity index (χ4n) is 1.52. The normalized spacial score (nSPS) is 43.0. The van der Waals surface area contributed by atoms with E-state index in [1.807, 2.05) is 6.92 Å². The second kappa shape index (κ2) is 4.18. The van der Waals surface area contributed by atoms with Gasteiger partial charge in [0.05, 0.1) is 12.2 Å². The summed E-state index contributed by atoms with van der Waals surface area (Å²) in [4.78, 5) is 4.64. The number of ether oxygens (including phenoxy) is 2. The van der Waals surface area contributed by atoms with Crippen molar-refractivity contribution < 1.29 is 14.3 Å². The topological polar surface area (TPSA) is 53.7 Å². The maximum absolute atomic E-state index is 5.45. The Labute approximate surface area is 72.9 Å². The molecule has 1 rings (SSSR count). The monoisotopic (exact) mass is 175 g/mol. The van der Waals surface area contributed by atoms with E-state index >= 15 is 0 Å². The summed E-state index contributed by atoms with van der Waals surface area (Å²) in [7, 11) is 1.70. The van der Waals surface area contributed by atoms with Crippen LogP contribution in [0.5, 0.6) is 0 Å². The Bertz CT molecular complexity index is 142. The van der Waals surface area contributed by atoms with Gasteiger partial charge in [-0.1, -0.05) is 6.92 Å². The van der Waals surface area contributed by atoms with Gasteiger partial charge in [0.1, 0.15) is 0 Å². The van der Waals surface area contributed by atoms with Crippen molar-refractivity contribution in [2.45, 2.75) is 38.8 Å². The van der Waals surface area contributed by atoms with Gasteiger partial charge < -0.3 is 9.47 Å². The first-order chi connectivity index (χ1) is 5.69. The summed E-state index contributed by atoms with van der Waals surface area (Å²) in [6, 6.07) is 0. The Morgan fingerprint density at radius 3 is 2.58 bits per heavy atom. The smallest absolute Gasteiger partial charge is 0.179 e. The number of hydrogen-bond donors (Lipinski definition) is 1. The summed E-state index contributed by atoms with van der Waals surface area (Å²) < 4.78 is 10.7. The van der Waals surface area contributed by atoms with Crippen LogP contribution in [-0.2, 0) is 14.3 Å². The standard InChI is InChI=1S/C8H17NO3/c1-5-6(2)11-8(12-9)4-7(5)10-3/h5-8H,4,9H2,1-3H3/t5?,6-,7-,8-/m0/s1. The predicted molar refractivity (Wildman–Crippen MR) is 44.2 cm³/mol. The minimum atomic E-state index is -0.318. The molecule has 2 N–H and O–H groups in total. The Balaban J connectivity index is 2.52. The van der Waals surface area contributed by atoms with Gasteiger partial charge in [0.15, 0.2) is 6.29 Å². The van der Waals surface area contributed by atoms with E-state index in [0.717, 1.165) is 0 Å². The third-order valence-corrected chi connectivity index (χ3v) is 2.57. The lowest BCUT2D eigenvalue weighted by Gasteiger charge is -2.36. The molecule has 4 nitrogen and oxygen atoms in total. The fourth-order valence-corrected chi connectivity index (χ4v) is 1.52. The van der Waals surface area contributed by atoms with Crippen LogP contribution in [0.25, 0.3) is 0 Å². The molecule has 4 heteroatoms. The highest BCUT2D eigenvalue weighted by atomic mass is 16.8. The van der Waals surface area contributed by atoms with E-state index in [9.17, 15) is 0 Å². The molecule has 0 saturated carbocycles. The Hall–Kier alpha value is -0.160. The molecule has 0 aliphatic carbocycles. The minimum absolute atomic E-state index is 0.136. The zero-order chi connectivity index (χ0) is 9.14. The zero-order valence-electron chi connectivity index (χ0n) is 7.82. The highest BCUT2D eigenvalue weighted by Gasteiger charge is 2.33. The van der Waals surface area contributed by atoms with E-state index in [-0.39, 0.29) is 18.5 Å². The number of rotatable bonds is 2. The zero-order valence-corrected chi connectivity index (χ0v) is 7.82. The molecular formula is C8H17NO3. The maximum atomic E-state index is 5.45. The van der Waals surface area contributed by atoms with Crippen molar-refractivity contribution in [3.05, 3.63) is 0 Å². The van der Waals surface area contributed by atoms with Crippen LogP contribution in [0.3, 0.4) is 0 Å². The first kappa shape index (κ1) is 9.92. The van der Waals surface area contributed by atoms with Crippen molar-refractivity contribution in [1.82, 2.24) is 0 Å². The molecular weight excluding hydrogens is 158 g/mol. The molecule has 1 fully saturated rings. The largest absolute Gasteiger partial charge is 0.381 e. The lowest BCUT2D eigenvalue weighted by atomic mass is 9.93. The summed E-state index contributed by atoms with van der Waals surface area (Å²) in [6.45, 7) is 4.10. The number of methoxy groups -OCH3 is 1. The van der Waals surface area contributed by atoms with E-state index in [4.69, 9.17) is 15.4 Å². The quantitative estimate of drug-likeness (QED) is 0.626. The minimum Gasteiger partial charge on any atom is -0.381 e. The SMILES string of the molecule is CO[C@H]1C[C@H](ON)O[C@@H](C)C1C. The second-order valence-electron chi connectivity index (χ2n) is 3.28. The maximum Gasteiger partial charge on any atom is 0.179 e. The lowest BCUT2D eigenvalue weighted by molar-refractivity contribution is -0.234. The van der Waals surface area contributed by atoms with Crippen molar-refractivity contribution >= 4 is 0 Å². The van der Waals surface area contributed by atoms with Crippen LogP contribution in [-0.4, -0.2) is 25.6 Å². The van der Waals surface area contributed by atoms with Crippen LogP contribution in [0.4, 0.5) is 0 Å². The van der Waals surface area contributed by atoms with Crippen LogP contribution < -0.4 is 5.90 Å². The molecule has 0 bridgehead atoms. The first-order valence-electron chi connectivity index (χ1n) is 4.22. The van der Waals surface area contributed by atoms with Gasteiger partial charge >= 0.3 is 0 Å². The van der Waals surface area contributed by atoms with Gasteiger partial charge in [0.25, 0.3) is 0 Å². The van der Waals surface area contributed by atoms with Crippen molar-refractivity contribution in [3.8, 4) is 0 Å². The van der Waals surface area contributed by atoms with E-state index < -0.39 is 0 Å². The molecule has 72 valence electrons. The molecule has 0 amide bonds. The molecule has 0 aromatic rings. The molecule has 1 aliphatic heterocycles. The third kappa shape index (κ3) is 1.95. The van der Waals surface area contributed by atoms with Gasteiger partial charge in [-0.2, -0.15) is 0 Å². The molecule has 1 unspecified atom stereocenters. The lowest BCUT2D eigenvalue weighted by Crippen LogP contribution is -2.44. The summed E-state index contributed by atoms with van der Waals surface area (Å²) in [5, 5.41) is 0. The van der Waals surface area contributed by atoms with E-state index in [1.165, 1.54) is 0 Å². The highest BCUT2D eigenvalue weighted by Crippen LogP contribution is 2.26. The number of hydrogen-bond acceptors (Lipinski definition) is 4. The van der Waals surface area contributed by atoms with Crippen LogP contribution in [0.15, 0.2) is 0 Å². The fraction of sp³-hybridized carbons (Fsp3) is 1.00. The van der Waals surface area contributed by atoms with E-state index in [0.29, 0.717) is 12.3 Å². The van der Waals surface area contributed by atoms with Gasteiger partial charge in [0.2, 0.25) is 0 Å². The Kier molecular flexibility index (Phi) is 3.46. The summed E-state index contributed by atoms with van der Waals surface area (Å²) in [6.07, 6.45) is 0.707. The molecule has 1 heterocycles. The average molecular weight is 175 g/mol. The molecule has 4 atom stereocenters. The summed E-state index contributed by atoms with van der Waals surface area (Å²) in [5.74, 6) is 5.44. The predicted octanol–water partition coefficient (Wildman–Crippen LogP) is 0.663. The molecule has 0 aromatic carbocycles. The molecule has 0 radical (unpaired) electrons. The molecule has 1 saturated heterocycles. The summed E-state index contributed by atoms with van der Waals surface area (Å²) >= 11 is 0. The number of nitrogens with two attached hydrogens (primary N) is 1. The molecule has 1 aliphatic rings. The van der Waals surface area contributed by atoms with Crippen LogP contribution in [0.1, 0.15) is 20.3 Å². The van der Waals surface area contributed by atoms with Gasteiger partial charge in [-0.25, -0.2) is 5.90 Å². The van der Waals surface area contributed by atoms with Gasteiger partial charge in [-0.15, -0.1) is 0 Å². The second-order valence-corrected chi connectivity index (χ2v) is 3.28. The van der Waals surface area contributed by atoms with Crippen LogP contribution >= 0.6 is 0 Å². The van der Waals surface area contributed by atoms with E-state index in [1.54, 1.807) is 7.11 Å². The van der Waals surface area contributed by atoms with Crippen molar-refractivity contribution in [3.63, 3.8) is 0 Å². The molecule has 0 aromatic heterocycles. The average Bonchev–Trinajstić information content (AvgIpc) is 2.09. The van der Waals surface area contributed by atoms with Gasteiger partial charge in [-0.05, 0) is 6.92 Å². The van der Waals surface area contributed by atoms with Crippen molar-refractivity contribution in [2.24, 2.45) is 11.8 Å². The van der Waals surface area contributed by atoms with Crippen LogP contribution in [0.2, 0.25) is 0 Å². The van der Waals surface area contributed by atoms with Crippen molar-refractivity contribution in [1.29, 1.82) is 0 Å².